The van der Waals surface area contributed by atoms with E-state index in [1.54, 1.807) is 54.9 Å². The van der Waals surface area contributed by atoms with Gasteiger partial charge >= 0.3 is 5.97 Å². The minimum absolute atomic E-state index is 0.0488. The van der Waals surface area contributed by atoms with Crippen LogP contribution < -0.4 is 4.90 Å². The van der Waals surface area contributed by atoms with Crippen LogP contribution in [0.3, 0.4) is 0 Å². The molecule has 1 N–H and O–H groups in total. The summed E-state index contributed by atoms with van der Waals surface area (Å²) in [5.41, 5.74) is 1.50. The van der Waals surface area contributed by atoms with Crippen LogP contribution in [-0.2, 0) is 14.3 Å². The van der Waals surface area contributed by atoms with Gasteiger partial charge in [-0.2, -0.15) is 0 Å². The Bertz CT molecular complexity index is 1540. The molecule has 1 aliphatic heterocycles. The van der Waals surface area contributed by atoms with Gasteiger partial charge in [-0.15, -0.1) is 0 Å². The molecule has 0 bridgehead atoms. The number of aliphatic hydroxyl groups excluding tert-OH is 1. The summed E-state index contributed by atoms with van der Waals surface area (Å²) >= 11 is 0. The van der Waals surface area contributed by atoms with Gasteiger partial charge in [-0.25, -0.2) is 4.79 Å². The molecular weight excluding hydrogens is 468 g/mol. The first-order chi connectivity index (χ1) is 18.0. The maximum atomic E-state index is 13.4. The van der Waals surface area contributed by atoms with Gasteiger partial charge in [0.25, 0.3) is 11.7 Å². The molecule has 5 rings (SSSR count). The number of esters is 1. The van der Waals surface area contributed by atoms with Crippen LogP contribution >= 0.6 is 0 Å². The van der Waals surface area contributed by atoms with E-state index in [1.165, 1.54) is 11.0 Å². The number of Topliss-reactive ketones (excluding diaryl/α,β-unsaturated/α-hetero) is 1. The molecule has 3 aromatic carbocycles. The van der Waals surface area contributed by atoms with E-state index in [0.717, 1.165) is 10.8 Å². The van der Waals surface area contributed by atoms with Crippen LogP contribution in [0.4, 0.5) is 5.69 Å². The third-order valence-corrected chi connectivity index (χ3v) is 6.26. The van der Waals surface area contributed by atoms with E-state index in [9.17, 15) is 19.5 Å². The molecule has 7 nitrogen and oxygen atoms in total. The van der Waals surface area contributed by atoms with Crippen LogP contribution in [0, 0.1) is 0 Å². The van der Waals surface area contributed by atoms with E-state index in [4.69, 9.17) is 4.74 Å². The fourth-order valence-electron chi connectivity index (χ4n) is 4.50. The zero-order valence-corrected chi connectivity index (χ0v) is 20.1. The van der Waals surface area contributed by atoms with E-state index < -0.39 is 23.7 Å². The summed E-state index contributed by atoms with van der Waals surface area (Å²) < 4.78 is 5.24. The van der Waals surface area contributed by atoms with Gasteiger partial charge in [0.05, 0.1) is 23.8 Å². The molecule has 2 heterocycles. The molecule has 1 unspecified atom stereocenters. The van der Waals surface area contributed by atoms with Gasteiger partial charge in [-0.1, -0.05) is 55.5 Å². The number of nitrogens with zero attached hydrogens (tertiary/aromatic N) is 2. The summed E-state index contributed by atoms with van der Waals surface area (Å²) in [6.07, 6.45) is 3.82. The van der Waals surface area contributed by atoms with Gasteiger partial charge < -0.3 is 9.84 Å². The Balaban J connectivity index is 1.65. The van der Waals surface area contributed by atoms with Gasteiger partial charge in [0, 0.05) is 23.6 Å². The number of ether oxygens (including phenoxy) is 1. The highest BCUT2D eigenvalue weighted by Gasteiger charge is 2.47. The maximum Gasteiger partial charge on any atom is 0.338 e. The molecule has 1 fully saturated rings. The molecule has 4 aromatic rings. The number of aromatic nitrogens is 1. The zero-order valence-electron chi connectivity index (χ0n) is 20.1. The van der Waals surface area contributed by atoms with E-state index in [0.29, 0.717) is 23.2 Å². The molecule has 1 saturated heterocycles. The quantitative estimate of drug-likeness (QED) is 0.167. The molecule has 1 aromatic heterocycles. The standard InChI is InChI=1S/C30H24N2O5/c1-2-15-37-30(36)22-9-5-11-24(17-22)32-26(23-10-6-14-31-18-23)25(28(34)29(32)35)27(33)21-13-12-19-7-3-4-8-20(19)16-21/h3-14,16-18,26,33H,2,15H2,1H3/b27-25-. The molecule has 1 aliphatic rings. The Morgan fingerprint density at radius 1 is 0.946 bits per heavy atom. The average Bonchev–Trinajstić information content (AvgIpc) is 3.21. The van der Waals surface area contributed by atoms with E-state index in [-0.39, 0.29) is 23.5 Å². The Labute approximate surface area is 213 Å². The molecular formula is C30H24N2O5. The molecule has 184 valence electrons. The second-order valence-corrected chi connectivity index (χ2v) is 8.70. The van der Waals surface area contributed by atoms with Crippen molar-refractivity contribution in [1.82, 2.24) is 4.98 Å². The van der Waals surface area contributed by atoms with Crippen molar-refractivity contribution in [3.8, 4) is 0 Å². The number of carbonyl (C=O) groups is 3. The summed E-state index contributed by atoms with van der Waals surface area (Å²) in [6, 6.07) is 21.9. The molecule has 0 aliphatic carbocycles. The smallest absolute Gasteiger partial charge is 0.338 e. The lowest BCUT2D eigenvalue weighted by atomic mass is 9.95. The van der Waals surface area contributed by atoms with Gasteiger partial charge in [-0.05, 0) is 53.1 Å². The van der Waals surface area contributed by atoms with Crippen LogP contribution in [0.1, 0.15) is 40.9 Å². The molecule has 0 saturated carbocycles. The van der Waals surface area contributed by atoms with Crippen molar-refractivity contribution in [2.24, 2.45) is 0 Å². The van der Waals surface area contributed by atoms with Crippen molar-refractivity contribution in [1.29, 1.82) is 0 Å². The molecule has 37 heavy (non-hydrogen) atoms. The Morgan fingerprint density at radius 2 is 1.76 bits per heavy atom. The van der Waals surface area contributed by atoms with Crippen molar-refractivity contribution < 1.29 is 24.2 Å². The van der Waals surface area contributed by atoms with Gasteiger partial charge in [0.15, 0.2) is 0 Å². The maximum absolute atomic E-state index is 13.4. The topological polar surface area (TPSA) is 96.8 Å². The Morgan fingerprint density at radius 3 is 2.51 bits per heavy atom. The van der Waals surface area contributed by atoms with Gasteiger partial charge in [0.1, 0.15) is 5.76 Å². The minimum atomic E-state index is -0.943. The van der Waals surface area contributed by atoms with Crippen LogP contribution in [0.15, 0.2) is 96.8 Å². The summed E-state index contributed by atoms with van der Waals surface area (Å²) in [5.74, 6) is -2.43. The summed E-state index contributed by atoms with van der Waals surface area (Å²) in [4.78, 5) is 44.7. The van der Waals surface area contributed by atoms with E-state index in [1.807, 2.05) is 37.3 Å². The lowest BCUT2D eigenvalue weighted by Gasteiger charge is -2.25. The van der Waals surface area contributed by atoms with Gasteiger partial charge in [0.2, 0.25) is 0 Å². The number of ketones is 1. The molecule has 1 atom stereocenters. The lowest BCUT2D eigenvalue weighted by Crippen LogP contribution is -2.29. The summed E-state index contributed by atoms with van der Waals surface area (Å²) in [6.45, 7) is 2.17. The van der Waals surface area contributed by atoms with E-state index >= 15 is 0 Å². The number of pyridine rings is 1. The summed E-state index contributed by atoms with van der Waals surface area (Å²) in [5, 5.41) is 13.3. The largest absolute Gasteiger partial charge is 0.507 e. The predicted molar refractivity (Wildman–Crippen MR) is 140 cm³/mol. The highest BCUT2D eigenvalue weighted by atomic mass is 16.5. The van der Waals surface area contributed by atoms with Crippen LogP contribution in [0.2, 0.25) is 0 Å². The predicted octanol–water partition coefficient (Wildman–Crippen LogP) is 5.43. The average molecular weight is 493 g/mol. The number of rotatable bonds is 6. The SMILES string of the molecule is CCCOC(=O)c1cccc(N2C(=O)C(=O)/C(=C(\O)c3ccc4ccccc4c3)C2c2cccnc2)c1. The first-order valence-corrected chi connectivity index (χ1v) is 12.0. The Hall–Kier alpha value is -4.78. The number of fused-ring (bicyclic) bond motifs is 1. The fraction of sp³-hybridized carbons (Fsp3) is 0.133. The second kappa shape index (κ2) is 10.1. The molecule has 1 amide bonds. The monoisotopic (exact) mass is 492 g/mol. The molecule has 7 heteroatoms. The van der Waals surface area contributed by atoms with Crippen molar-refractivity contribution in [2.45, 2.75) is 19.4 Å². The number of amides is 1. The zero-order chi connectivity index (χ0) is 25.9. The number of benzene rings is 3. The Kier molecular flexibility index (Phi) is 6.51. The number of carbonyl (C=O) groups excluding carboxylic acids is 3. The highest BCUT2D eigenvalue weighted by Crippen LogP contribution is 2.42. The molecule has 0 spiro atoms. The fourth-order valence-corrected chi connectivity index (χ4v) is 4.50. The first-order valence-electron chi connectivity index (χ1n) is 12.0. The van der Waals surface area contributed by atoms with Crippen LogP contribution in [-0.4, -0.2) is 34.4 Å². The minimum Gasteiger partial charge on any atom is -0.507 e. The third kappa shape index (κ3) is 4.47. The highest BCUT2D eigenvalue weighted by molar-refractivity contribution is 6.51. The van der Waals surface area contributed by atoms with Gasteiger partial charge in [-0.3, -0.25) is 19.5 Å². The number of aliphatic hydroxyl groups is 1. The number of anilines is 1. The molecule has 0 radical (unpaired) electrons. The number of hydrogen-bond donors (Lipinski definition) is 1. The normalized spacial score (nSPS) is 16.8. The van der Waals surface area contributed by atoms with Crippen LogP contribution in [0.5, 0.6) is 0 Å². The van der Waals surface area contributed by atoms with Crippen LogP contribution in [0.25, 0.3) is 16.5 Å². The number of hydrogen-bond acceptors (Lipinski definition) is 6. The van der Waals surface area contributed by atoms with Crippen molar-refractivity contribution in [3.63, 3.8) is 0 Å². The third-order valence-electron chi connectivity index (χ3n) is 6.26. The first kappa shape index (κ1) is 23.9. The van der Waals surface area contributed by atoms with Crippen molar-refractivity contribution in [2.75, 3.05) is 11.5 Å². The van der Waals surface area contributed by atoms with Crippen molar-refractivity contribution in [3.05, 3.63) is 114 Å². The summed E-state index contributed by atoms with van der Waals surface area (Å²) in [7, 11) is 0. The van der Waals surface area contributed by atoms with E-state index in [2.05, 4.69) is 4.98 Å². The lowest BCUT2D eigenvalue weighted by molar-refractivity contribution is -0.132. The van der Waals surface area contributed by atoms with Crippen molar-refractivity contribution >= 4 is 39.9 Å². The second-order valence-electron chi connectivity index (χ2n) is 8.70.